The Kier molecular flexibility index (Phi) is 5.28. The second kappa shape index (κ2) is 8.23. The normalized spacial score (nSPS) is 16.5. The van der Waals surface area contributed by atoms with E-state index in [-0.39, 0.29) is 17.0 Å². The topological polar surface area (TPSA) is 78.1 Å². The first-order valence-corrected chi connectivity index (χ1v) is 10.8. The molecule has 0 bridgehead atoms. The van der Waals surface area contributed by atoms with Gasteiger partial charge in [-0.25, -0.2) is 9.49 Å². The SMILES string of the molecule is O=C(c1cc(Cc2n[nH]c(=O)c3ccccc23)ccc1F)N1CC(CNCC2CC2)C1. The molecule has 2 fully saturated rings. The Morgan fingerprint density at radius 2 is 1.84 bits per heavy atom. The molecule has 2 N–H and O–H groups in total. The van der Waals surface area contributed by atoms with Gasteiger partial charge in [0.15, 0.2) is 0 Å². The summed E-state index contributed by atoms with van der Waals surface area (Å²) in [6, 6.07) is 11.9. The van der Waals surface area contributed by atoms with E-state index in [1.54, 1.807) is 29.2 Å². The van der Waals surface area contributed by atoms with Crippen molar-refractivity contribution >= 4 is 16.7 Å². The van der Waals surface area contributed by atoms with E-state index in [1.807, 2.05) is 12.1 Å². The highest BCUT2D eigenvalue weighted by atomic mass is 19.1. The minimum absolute atomic E-state index is 0.0932. The molecular formula is C24H25FN4O2. The third kappa shape index (κ3) is 4.23. The Morgan fingerprint density at radius 1 is 1.10 bits per heavy atom. The number of aromatic amines is 1. The van der Waals surface area contributed by atoms with E-state index in [1.165, 1.54) is 18.9 Å². The monoisotopic (exact) mass is 420 g/mol. The average Bonchev–Trinajstić information content (AvgIpc) is 3.57. The summed E-state index contributed by atoms with van der Waals surface area (Å²) < 4.78 is 14.5. The zero-order chi connectivity index (χ0) is 21.4. The van der Waals surface area contributed by atoms with Gasteiger partial charge in [-0.3, -0.25) is 9.59 Å². The van der Waals surface area contributed by atoms with Crippen molar-refractivity contribution in [1.29, 1.82) is 0 Å². The van der Waals surface area contributed by atoms with Crippen LogP contribution >= 0.6 is 0 Å². The lowest BCUT2D eigenvalue weighted by Gasteiger charge is -2.39. The summed E-state index contributed by atoms with van der Waals surface area (Å²) in [4.78, 5) is 26.5. The van der Waals surface area contributed by atoms with Gasteiger partial charge in [-0.05, 0) is 49.1 Å². The molecule has 5 rings (SSSR count). The number of halogens is 1. The van der Waals surface area contributed by atoms with Gasteiger partial charge in [0.05, 0.1) is 16.6 Å². The number of carbonyl (C=O) groups is 1. The molecule has 31 heavy (non-hydrogen) atoms. The molecule has 1 aliphatic heterocycles. The molecule has 2 aliphatic rings. The maximum atomic E-state index is 14.5. The van der Waals surface area contributed by atoms with Crippen molar-refractivity contribution in [2.75, 3.05) is 26.2 Å². The van der Waals surface area contributed by atoms with Crippen molar-refractivity contribution in [2.24, 2.45) is 11.8 Å². The van der Waals surface area contributed by atoms with Gasteiger partial charge < -0.3 is 10.2 Å². The predicted molar refractivity (Wildman–Crippen MR) is 117 cm³/mol. The maximum absolute atomic E-state index is 14.5. The number of likely N-dealkylation sites (tertiary alicyclic amines) is 1. The minimum Gasteiger partial charge on any atom is -0.338 e. The van der Waals surface area contributed by atoms with Crippen molar-refractivity contribution in [3.8, 4) is 0 Å². The van der Waals surface area contributed by atoms with Crippen LogP contribution in [0.3, 0.4) is 0 Å². The number of aromatic nitrogens is 2. The molecule has 0 atom stereocenters. The Hall–Kier alpha value is -3.06. The molecule has 7 heteroatoms. The molecule has 1 aromatic heterocycles. The standard InChI is InChI=1S/C24H25FN4O2/c25-21-8-7-16(10-22-18-3-1-2-4-19(18)23(30)28-27-22)9-20(21)24(31)29-13-17(14-29)12-26-11-15-5-6-15/h1-4,7-9,15,17,26H,5-6,10-14H2,(H,28,30). The van der Waals surface area contributed by atoms with Crippen LogP contribution in [0.25, 0.3) is 10.8 Å². The lowest BCUT2D eigenvalue weighted by molar-refractivity contribution is 0.0496. The van der Waals surface area contributed by atoms with Crippen LogP contribution in [0.15, 0.2) is 47.3 Å². The average molecular weight is 420 g/mol. The van der Waals surface area contributed by atoms with Gasteiger partial charge in [0.2, 0.25) is 0 Å². The number of amides is 1. The molecule has 1 aliphatic carbocycles. The number of hydrogen-bond acceptors (Lipinski definition) is 4. The second-order valence-corrected chi connectivity index (χ2v) is 8.71. The highest BCUT2D eigenvalue weighted by Gasteiger charge is 2.32. The molecule has 1 saturated carbocycles. The van der Waals surface area contributed by atoms with Crippen molar-refractivity contribution in [2.45, 2.75) is 19.3 Å². The van der Waals surface area contributed by atoms with Gasteiger partial charge in [0.1, 0.15) is 5.82 Å². The summed E-state index contributed by atoms with van der Waals surface area (Å²) in [6.45, 7) is 3.29. The van der Waals surface area contributed by atoms with Gasteiger partial charge in [0, 0.05) is 37.4 Å². The van der Waals surface area contributed by atoms with Crippen molar-refractivity contribution < 1.29 is 9.18 Å². The molecule has 2 heterocycles. The van der Waals surface area contributed by atoms with Gasteiger partial charge >= 0.3 is 0 Å². The highest BCUT2D eigenvalue weighted by molar-refractivity contribution is 5.95. The molecule has 2 aromatic carbocycles. The fraction of sp³-hybridized carbons (Fsp3) is 0.375. The molecule has 3 aromatic rings. The number of rotatable bonds is 7. The second-order valence-electron chi connectivity index (χ2n) is 8.71. The van der Waals surface area contributed by atoms with Gasteiger partial charge in [-0.1, -0.05) is 24.3 Å². The fourth-order valence-corrected chi connectivity index (χ4v) is 4.19. The molecule has 0 unspecified atom stereocenters. The van der Waals surface area contributed by atoms with Gasteiger partial charge in [0.25, 0.3) is 11.5 Å². The third-order valence-electron chi connectivity index (χ3n) is 6.22. The van der Waals surface area contributed by atoms with Crippen molar-refractivity contribution in [1.82, 2.24) is 20.4 Å². The number of nitrogens with one attached hydrogen (secondary N) is 2. The zero-order valence-corrected chi connectivity index (χ0v) is 17.2. The summed E-state index contributed by atoms with van der Waals surface area (Å²) in [5.41, 5.74) is 1.31. The van der Waals surface area contributed by atoms with E-state index in [4.69, 9.17) is 0 Å². The molecule has 1 amide bonds. The molecular weight excluding hydrogens is 395 g/mol. The number of nitrogens with zero attached hydrogens (tertiary/aromatic N) is 2. The van der Waals surface area contributed by atoms with Gasteiger partial charge in [-0.2, -0.15) is 5.10 Å². The Labute approximate surface area is 179 Å². The fourth-order valence-electron chi connectivity index (χ4n) is 4.19. The van der Waals surface area contributed by atoms with E-state index < -0.39 is 5.82 Å². The van der Waals surface area contributed by atoms with Crippen LogP contribution < -0.4 is 10.9 Å². The summed E-state index contributed by atoms with van der Waals surface area (Å²) in [6.07, 6.45) is 3.04. The first-order valence-electron chi connectivity index (χ1n) is 10.8. The van der Waals surface area contributed by atoms with Crippen molar-refractivity contribution in [3.05, 3.63) is 75.5 Å². The van der Waals surface area contributed by atoms with E-state index >= 15 is 0 Å². The van der Waals surface area contributed by atoms with Crippen LogP contribution in [0.5, 0.6) is 0 Å². The number of benzene rings is 2. The zero-order valence-electron chi connectivity index (χ0n) is 17.2. The van der Waals surface area contributed by atoms with E-state index in [0.717, 1.165) is 30.0 Å². The van der Waals surface area contributed by atoms with E-state index in [2.05, 4.69) is 15.5 Å². The number of carbonyl (C=O) groups excluding carboxylic acids is 1. The molecule has 0 spiro atoms. The summed E-state index contributed by atoms with van der Waals surface area (Å²) in [7, 11) is 0. The summed E-state index contributed by atoms with van der Waals surface area (Å²) in [5, 5.41) is 11.5. The Bertz CT molecular complexity index is 1180. The minimum atomic E-state index is -0.511. The van der Waals surface area contributed by atoms with Crippen LogP contribution in [-0.2, 0) is 6.42 Å². The third-order valence-corrected chi connectivity index (χ3v) is 6.22. The van der Waals surface area contributed by atoms with Crippen LogP contribution in [0, 0.1) is 17.7 Å². The Morgan fingerprint density at radius 3 is 2.61 bits per heavy atom. The maximum Gasteiger partial charge on any atom is 0.272 e. The van der Waals surface area contributed by atoms with Gasteiger partial charge in [-0.15, -0.1) is 0 Å². The molecule has 160 valence electrons. The van der Waals surface area contributed by atoms with Crippen LogP contribution in [-0.4, -0.2) is 47.2 Å². The summed E-state index contributed by atoms with van der Waals surface area (Å²) in [5.74, 6) is 0.495. The smallest absolute Gasteiger partial charge is 0.272 e. The van der Waals surface area contributed by atoms with Crippen LogP contribution in [0.1, 0.15) is 34.5 Å². The molecule has 1 saturated heterocycles. The molecule has 0 radical (unpaired) electrons. The van der Waals surface area contributed by atoms with Crippen LogP contribution in [0.4, 0.5) is 4.39 Å². The first-order chi connectivity index (χ1) is 15.1. The van der Waals surface area contributed by atoms with Crippen molar-refractivity contribution in [3.63, 3.8) is 0 Å². The number of fused-ring (bicyclic) bond motifs is 1. The number of H-pyrrole nitrogens is 1. The predicted octanol–water partition coefficient (Wildman–Crippen LogP) is 2.72. The molecule has 6 nitrogen and oxygen atoms in total. The number of hydrogen-bond donors (Lipinski definition) is 2. The van der Waals surface area contributed by atoms with Crippen LogP contribution in [0.2, 0.25) is 0 Å². The first kappa shape index (κ1) is 19.9. The lowest BCUT2D eigenvalue weighted by atomic mass is 9.97. The summed E-state index contributed by atoms with van der Waals surface area (Å²) >= 11 is 0. The highest BCUT2D eigenvalue weighted by Crippen LogP contribution is 2.28. The van der Waals surface area contributed by atoms with E-state index in [0.29, 0.717) is 36.5 Å². The largest absolute Gasteiger partial charge is 0.338 e. The lowest BCUT2D eigenvalue weighted by Crippen LogP contribution is -2.53. The quantitative estimate of drug-likeness (QED) is 0.616. The van der Waals surface area contributed by atoms with E-state index in [9.17, 15) is 14.0 Å². The Balaban J connectivity index is 1.28.